The Labute approximate surface area is 123 Å². The number of aromatic amines is 1. The maximum Gasteiger partial charge on any atom is 0.137 e. The molecule has 0 atom stereocenters. The first-order valence-corrected chi connectivity index (χ1v) is 6.95. The van der Waals surface area contributed by atoms with E-state index < -0.39 is 0 Å². The van der Waals surface area contributed by atoms with Crippen molar-refractivity contribution in [1.82, 2.24) is 20.3 Å². The van der Waals surface area contributed by atoms with Crippen molar-refractivity contribution >= 4 is 10.9 Å². The molecule has 2 heterocycles. The molecule has 0 aliphatic rings. The van der Waals surface area contributed by atoms with Crippen LogP contribution in [0.2, 0.25) is 0 Å². The van der Waals surface area contributed by atoms with Gasteiger partial charge in [0, 0.05) is 49.2 Å². The standard InChI is InChI=1S/C16H18N4O/c1-21-8-7-17-10-14-11-19-16(20-14)13-4-5-15-12(9-13)3-2-6-18-15/h2-6,9,11,17H,7-8,10H2,1H3,(H,19,20). The van der Waals surface area contributed by atoms with Crippen LogP contribution in [-0.4, -0.2) is 35.2 Å². The average Bonchev–Trinajstić information content (AvgIpc) is 3.00. The number of methoxy groups -OCH3 is 1. The third-order valence-electron chi connectivity index (χ3n) is 3.30. The highest BCUT2D eigenvalue weighted by atomic mass is 16.5. The number of fused-ring (bicyclic) bond motifs is 1. The Kier molecular flexibility index (Phi) is 4.23. The highest BCUT2D eigenvalue weighted by molar-refractivity contribution is 5.83. The van der Waals surface area contributed by atoms with Crippen molar-refractivity contribution < 1.29 is 4.74 Å². The molecule has 3 aromatic rings. The summed E-state index contributed by atoms with van der Waals surface area (Å²) in [4.78, 5) is 12.1. The third-order valence-corrected chi connectivity index (χ3v) is 3.30. The molecule has 0 saturated heterocycles. The monoisotopic (exact) mass is 282 g/mol. The highest BCUT2D eigenvalue weighted by Gasteiger charge is 2.04. The molecular formula is C16H18N4O. The molecule has 21 heavy (non-hydrogen) atoms. The third kappa shape index (κ3) is 3.26. The molecule has 0 aliphatic heterocycles. The summed E-state index contributed by atoms with van der Waals surface area (Å²) in [5, 5.41) is 4.41. The van der Waals surface area contributed by atoms with Gasteiger partial charge in [-0.1, -0.05) is 6.07 Å². The Morgan fingerprint density at radius 1 is 1.24 bits per heavy atom. The van der Waals surface area contributed by atoms with Crippen LogP contribution in [0, 0.1) is 0 Å². The van der Waals surface area contributed by atoms with Crippen LogP contribution in [0.4, 0.5) is 0 Å². The molecule has 0 bridgehead atoms. The summed E-state index contributed by atoms with van der Waals surface area (Å²) >= 11 is 0. The molecule has 1 aromatic carbocycles. The van der Waals surface area contributed by atoms with Gasteiger partial charge in [-0.2, -0.15) is 0 Å². The first-order valence-electron chi connectivity index (χ1n) is 6.95. The van der Waals surface area contributed by atoms with Crippen molar-refractivity contribution in [3.8, 4) is 11.4 Å². The number of rotatable bonds is 6. The number of pyridine rings is 1. The Balaban J connectivity index is 1.75. The summed E-state index contributed by atoms with van der Waals surface area (Å²) < 4.78 is 5.00. The summed E-state index contributed by atoms with van der Waals surface area (Å²) in [5.41, 5.74) is 3.13. The predicted molar refractivity (Wildman–Crippen MR) is 82.9 cm³/mol. The molecule has 2 N–H and O–H groups in total. The van der Waals surface area contributed by atoms with Crippen LogP contribution < -0.4 is 5.32 Å². The number of aromatic nitrogens is 3. The van der Waals surface area contributed by atoms with Crippen LogP contribution >= 0.6 is 0 Å². The van der Waals surface area contributed by atoms with Crippen molar-refractivity contribution in [1.29, 1.82) is 0 Å². The lowest BCUT2D eigenvalue weighted by Gasteiger charge is -2.02. The summed E-state index contributed by atoms with van der Waals surface area (Å²) in [7, 11) is 1.70. The van der Waals surface area contributed by atoms with Gasteiger partial charge < -0.3 is 15.0 Å². The van der Waals surface area contributed by atoms with E-state index >= 15 is 0 Å². The van der Waals surface area contributed by atoms with Gasteiger partial charge in [0.15, 0.2) is 0 Å². The van der Waals surface area contributed by atoms with Gasteiger partial charge in [0.2, 0.25) is 0 Å². The van der Waals surface area contributed by atoms with Gasteiger partial charge in [-0.3, -0.25) is 4.98 Å². The first-order chi connectivity index (χ1) is 10.4. The summed E-state index contributed by atoms with van der Waals surface area (Å²) in [5.74, 6) is 0.879. The molecule has 2 aromatic heterocycles. The molecule has 108 valence electrons. The van der Waals surface area contributed by atoms with E-state index in [1.165, 1.54) is 0 Å². The number of hydrogen-bond donors (Lipinski definition) is 2. The Bertz CT molecular complexity index is 723. The molecule has 0 fully saturated rings. The minimum Gasteiger partial charge on any atom is -0.383 e. The van der Waals surface area contributed by atoms with Gasteiger partial charge in [-0.15, -0.1) is 0 Å². The second-order valence-corrected chi connectivity index (χ2v) is 4.84. The van der Waals surface area contributed by atoms with E-state index in [2.05, 4.69) is 32.4 Å². The van der Waals surface area contributed by atoms with Crippen LogP contribution in [-0.2, 0) is 11.3 Å². The summed E-state index contributed by atoms with van der Waals surface area (Å²) in [6.45, 7) is 2.29. The first kappa shape index (κ1) is 13.7. The lowest BCUT2D eigenvalue weighted by Crippen LogP contribution is -2.18. The number of benzene rings is 1. The predicted octanol–water partition coefficient (Wildman–Crippen LogP) is 2.36. The van der Waals surface area contributed by atoms with E-state index in [-0.39, 0.29) is 0 Å². The Hall–Kier alpha value is -2.24. The molecule has 5 heteroatoms. The zero-order valence-electron chi connectivity index (χ0n) is 12.0. The van der Waals surface area contributed by atoms with Gasteiger partial charge in [0.25, 0.3) is 0 Å². The molecule has 3 rings (SSSR count). The SMILES string of the molecule is COCCNCc1cnc(-c2ccc3ncccc3c2)[nH]1. The van der Waals surface area contributed by atoms with E-state index in [0.717, 1.165) is 41.1 Å². The number of nitrogens with one attached hydrogen (secondary N) is 2. The number of nitrogens with zero attached hydrogens (tertiary/aromatic N) is 2. The van der Waals surface area contributed by atoms with Gasteiger partial charge >= 0.3 is 0 Å². The fraction of sp³-hybridized carbons (Fsp3) is 0.250. The zero-order valence-corrected chi connectivity index (χ0v) is 12.0. The molecule has 5 nitrogen and oxygen atoms in total. The van der Waals surface area contributed by atoms with Crippen LogP contribution in [0.1, 0.15) is 5.69 Å². The zero-order chi connectivity index (χ0) is 14.5. The lowest BCUT2D eigenvalue weighted by atomic mass is 10.1. The molecule has 0 spiro atoms. The maximum absolute atomic E-state index is 5.00. The molecule has 0 unspecified atom stereocenters. The van der Waals surface area contributed by atoms with E-state index in [1.54, 1.807) is 13.3 Å². The summed E-state index contributed by atoms with van der Waals surface area (Å²) in [6, 6.07) is 10.2. The quantitative estimate of drug-likeness (QED) is 0.681. The number of hydrogen-bond acceptors (Lipinski definition) is 4. The second-order valence-electron chi connectivity index (χ2n) is 4.84. The Morgan fingerprint density at radius 2 is 2.19 bits per heavy atom. The molecular weight excluding hydrogens is 264 g/mol. The van der Waals surface area contributed by atoms with Gasteiger partial charge in [0.05, 0.1) is 12.1 Å². The van der Waals surface area contributed by atoms with E-state index in [0.29, 0.717) is 6.61 Å². The highest BCUT2D eigenvalue weighted by Crippen LogP contribution is 2.21. The Morgan fingerprint density at radius 3 is 3.10 bits per heavy atom. The van der Waals surface area contributed by atoms with Gasteiger partial charge in [-0.05, 0) is 24.3 Å². The number of H-pyrrole nitrogens is 1. The number of imidazole rings is 1. The fourth-order valence-corrected chi connectivity index (χ4v) is 2.22. The minimum absolute atomic E-state index is 0.707. The molecule has 0 saturated carbocycles. The van der Waals surface area contributed by atoms with Crippen LogP contribution in [0.5, 0.6) is 0 Å². The fourth-order valence-electron chi connectivity index (χ4n) is 2.22. The smallest absolute Gasteiger partial charge is 0.137 e. The van der Waals surface area contributed by atoms with Crippen molar-refractivity contribution in [2.75, 3.05) is 20.3 Å². The van der Waals surface area contributed by atoms with Crippen LogP contribution in [0.3, 0.4) is 0 Å². The van der Waals surface area contributed by atoms with Crippen LogP contribution in [0.15, 0.2) is 42.7 Å². The van der Waals surface area contributed by atoms with Crippen molar-refractivity contribution in [3.05, 3.63) is 48.4 Å². The van der Waals surface area contributed by atoms with Crippen LogP contribution in [0.25, 0.3) is 22.3 Å². The molecule has 0 amide bonds. The largest absolute Gasteiger partial charge is 0.383 e. The maximum atomic E-state index is 5.00. The minimum atomic E-state index is 0.707. The van der Waals surface area contributed by atoms with E-state index in [1.807, 2.05) is 24.4 Å². The van der Waals surface area contributed by atoms with Crippen molar-refractivity contribution in [2.45, 2.75) is 6.54 Å². The van der Waals surface area contributed by atoms with Crippen molar-refractivity contribution in [2.24, 2.45) is 0 Å². The molecule has 0 radical (unpaired) electrons. The lowest BCUT2D eigenvalue weighted by molar-refractivity contribution is 0.199. The van der Waals surface area contributed by atoms with Gasteiger partial charge in [-0.25, -0.2) is 4.98 Å². The number of ether oxygens (including phenoxy) is 1. The van der Waals surface area contributed by atoms with Gasteiger partial charge in [0.1, 0.15) is 5.82 Å². The average molecular weight is 282 g/mol. The van der Waals surface area contributed by atoms with Crippen molar-refractivity contribution in [3.63, 3.8) is 0 Å². The second kappa shape index (κ2) is 6.47. The molecule has 0 aliphatic carbocycles. The normalized spacial score (nSPS) is 11.1. The summed E-state index contributed by atoms with van der Waals surface area (Å²) in [6.07, 6.45) is 3.67. The topological polar surface area (TPSA) is 62.8 Å². The van der Waals surface area contributed by atoms with E-state index in [9.17, 15) is 0 Å². The van der Waals surface area contributed by atoms with E-state index in [4.69, 9.17) is 4.74 Å².